The van der Waals surface area contributed by atoms with Gasteiger partial charge in [-0.1, -0.05) is 22.9 Å². The van der Waals surface area contributed by atoms with E-state index >= 15 is 0 Å². The minimum atomic E-state index is 0.0252. The van der Waals surface area contributed by atoms with Crippen molar-refractivity contribution in [3.8, 4) is 11.5 Å². The molecule has 112 valence electrons. The lowest BCUT2D eigenvalue weighted by atomic mass is 10.1. The first kappa shape index (κ1) is 15.6. The van der Waals surface area contributed by atoms with Gasteiger partial charge in [0.15, 0.2) is 5.82 Å². The van der Waals surface area contributed by atoms with E-state index in [1.165, 1.54) is 17.3 Å². The van der Waals surface area contributed by atoms with Gasteiger partial charge in [0.25, 0.3) is 5.89 Å². The minimum absolute atomic E-state index is 0.0252. The SMILES string of the molecule is Cc1ccc(-c2nc(CSCC(=O)NC(C)C)no2)cc1. The van der Waals surface area contributed by atoms with Crippen LogP contribution in [0.2, 0.25) is 0 Å². The number of benzene rings is 1. The second kappa shape index (κ2) is 7.26. The van der Waals surface area contributed by atoms with Gasteiger partial charge in [0.05, 0.1) is 11.5 Å². The van der Waals surface area contributed by atoms with E-state index in [4.69, 9.17) is 4.52 Å². The summed E-state index contributed by atoms with van der Waals surface area (Å²) >= 11 is 1.47. The maximum absolute atomic E-state index is 11.5. The molecule has 0 aliphatic carbocycles. The van der Waals surface area contributed by atoms with Gasteiger partial charge in [-0.05, 0) is 32.9 Å². The van der Waals surface area contributed by atoms with Gasteiger partial charge in [-0.3, -0.25) is 4.79 Å². The standard InChI is InChI=1S/C15H19N3O2S/c1-10(2)16-14(19)9-21-8-13-17-15(20-18-13)12-6-4-11(3)5-7-12/h4-7,10H,8-9H2,1-3H3,(H,16,19). The van der Waals surface area contributed by atoms with E-state index in [1.807, 2.05) is 45.0 Å². The number of thioether (sulfide) groups is 1. The first-order chi connectivity index (χ1) is 10.0. The molecule has 21 heavy (non-hydrogen) atoms. The Balaban J connectivity index is 1.86. The fraction of sp³-hybridized carbons (Fsp3) is 0.400. The molecule has 0 saturated heterocycles. The van der Waals surface area contributed by atoms with Crippen molar-refractivity contribution in [1.82, 2.24) is 15.5 Å². The van der Waals surface area contributed by atoms with Crippen LogP contribution in [0.4, 0.5) is 0 Å². The molecular weight excluding hydrogens is 286 g/mol. The topological polar surface area (TPSA) is 68.0 Å². The Morgan fingerprint density at radius 2 is 2.05 bits per heavy atom. The summed E-state index contributed by atoms with van der Waals surface area (Å²) in [4.78, 5) is 15.8. The van der Waals surface area contributed by atoms with Crippen molar-refractivity contribution in [2.75, 3.05) is 5.75 Å². The molecule has 1 heterocycles. The Kier molecular flexibility index (Phi) is 5.38. The summed E-state index contributed by atoms with van der Waals surface area (Å²) in [5.74, 6) is 2.09. The molecule has 1 aromatic heterocycles. The van der Waals surface area contributed by atoms with E-state index in [2.05, 4.69) is 15.5 Å². The van der Waals surface area contributed by atoms with Gasteiger partial charge < -0.3 is 9.84 Å². The number of rotatable bonds is 6. The summed E-state index contributed by atoms with van der Waals surface area (Å²) in [6.45, 7) is 5.91. The third-order valence-electron chi connectivity index (χ3n) is 2.68. The third-order valence-corrected chi connectivity index (χ3v) is 3.61. The summed E-state index contributed by atoms with van der Waals surface area (Å²) in [7, 11) is 0. The first-order valence-electron chi connectivity index (χ1n) is 6.81. The maximum Gasteiger partial charge on any atom is 0.257 e. The molecule has 0 aliphatic rings. The third kappa shape index (κ3) is 4.90. The predicted molar refractivity (Wildman–Crippen MR) is 83.9 cm³/mol. The number of nitrogens with one attached hydrogen (secondary N) is 1. The highest BCUT2D eigenvalue weighted by molar-refractivity contribution is 7.99. The minimum Gasteiger partial charge on any atom is -0.353 e. The Morgan fingerprint density at radius 3 is 2.71 bits per heavy atom. The molecule has 2 aromatic rings. The molecule has 5 nitrogen and oxygen atoms in total. The van der Waals surface area contributed by atoms with Crippen LogP contribution >= 0.6 is 11.8 Å². The zero-order valence-electron chi connectivity index (χ0n) is 12.4. The van der Waals surface area contributed by atoms with Crippen molar-refractivity contribution in [2.45, 2.75) is 32.6 Å². The van der Waals surface area contributed by atoms with Crippen LogP contribution in [-0.4, -0.2) is 27.8 Å². The van der Waals surface area contributed by atoms with Crippen LogP contribution in [0.25, 0.3) is 11.5 Å². The summed E-state index contributed by atoms with van der Waals surface area (Å²) in [6, 6.07) is 8.08. The quantitative estimate of drug-likeness (QED) is 0.889. The second-order valence-corrected chi connectivity index (χ2v) is 6.08. The van der Waals surface area contributed by atoms with Crippen molar-refractivity contribution < 1.29 is 9.32 Å². The maximum atomic E-state index is 11.5. The molecule has 0 unspecified atom stereocenters. The lowest BCUT2D eigenvalue weighted by Gasteiger charge is -2.06. The fourth-order valence-electron chi connectivity index (χ4n) is 1.72. The smallest absolute Gasteiger partial charge is 0.257 e. The Morgan fingerprint density at radius 1 is 1.33 bits per heavy atom. The van der Waals surface area contributed by atoms with E-state index in [0.717, 1.165) is 5.56 Å². The van der Waals surface area contributed by atoms with Crippen LogP contribution in [-0.2, 0) is 10.5 Å². The molecule has 0 saturated carbocycles. The highest BCUT2D eigenvalue weighted by Crippen LogP contribution is 2.19. The van der Waals surface area contributed by atoms with Crippen LogP contribution in [0.5, 0.6) is 0 Å². The number of hydrogen-bond donors (Lipinski definition) is 1. The summed E-state index contributed by atoms with van der Waals surface area (Å²) in [5.41, 5.74) is 2.09. The van der Waals surface area contributed by atoms with E-state index < -0.39 is 0 Å². The molecule has 0 atom stereocenters. The molecule has 0 radical (unpaired) electrons. The molecule has 0 spiro atoms. The normalized spacial score (nSPS) is 10.9. The average Bonchev–Trinajstić information content (AvgIpc) is 2.87. The van der Waals surface area contributed by atoms with Crippen LogP contribution in [0.1, 0.15) is 25.2 Å². The van der Waals surface area contributed by atoms with E-state index in [-0.39, 0.29) is 11.9 Å². The summed E-state index contributed by atoms with van der Waals surface area (Å²) in [5, 5.41) is 6.78. The van der Waals surface area contributed by atoms with E-state index in [1.54, 1.807) is 0 Å². The van der Waals surface area contributed by atoms with E-state index in [0.29, 0.717) is 23.2 Å². The highest BCUT2D eigenvalue weighted by Gasteiger charge is 2.10. The zero-order valence-corrected chi connectivity index (χ0v) is 13.2. The predicted octanol–water partition coefficient (Wildman–Crippen LogP) is 2.80. The van der Waals surface area contributed by atoms with E-state index in [9.17, 15) is 4.79 Å². The number of hydrogen-bond acceptors (Lipinski definition) is 5. The van der Waals surface area contributed by atoms with Gasteiger partial charge >= 0.3 is 0 Å². The second-order valence-electron chi connectivity index (χ2n) is 5.10. The van der Waals surface area contributed by atoms with Crippen LogP contribution in [0, 0.1) is 6.92 Å². The number of aromatic nitrogens is 2. The fourth-order valence-corrected chi connectivity index (χ4v) is 2.40. The van der Waals surface area contributed by atoms with Crippen LogP contribution < -0.4 is 5.32 Å². The van der Waals surface area contributed by atoms with Crippen LogP contribution in [0.3, 0.4) is 0 Å². The van der Waals surface area contributed by atoms with Gasteiger partial charge in [0, 0.05) is 11.6 Å². The molecule has 6 heteroatoms. The molecule has 2 rings (SSSR count). The van der Waals surface area contributed by atoms with Crippen LogP contribution in [0.15, 0.2) is 28.8 Å². The highest BCUT2D eigenvalue weighted by atomic mass is 32.2. The van der Waals surface area contributed by atoms with Gasteiger partial charge in [0.2, 0.25) is 5.91 Å². The lowest BCUT2D eigenvalue weighted by Crippen LogP contribution is -2.31. The van der Waals surface area contributed by atoms with Crippen molar-refractivity contribution in [2.24, 2.45) is 0 Å². The number of carbonyl (C=O) groups is 1. The lowest BCUT2D eigenvalue weighted by molar-refractivity contribution is -0.119. The molecule has 1 amide bonds. The van der Waals surface area contributed by atoms with Gasteiger partial charge in [0.1, 0.15) is 0 Å². The zero-order chi connectivity index (χ0) is 15.2. The molecular formula is C15H19N3O2S. The first-order valence-corrected chi connectivity index (χ1v) is 7.97. The number of aryl methyl sites for hydroxylation is 1. The Hall–Kier alpha value is -1.82. The average molecular weight is 305 g/mol. The molecule has 0 aliphatic heterocycles. The van der Waals surface area contributed by atoms with Crippen molar-refractivity contribution in [3.05, 3.63) is 35.7 Å². The summed E-state index contributed by atoms with van der Waals surface area (Å²) in [6.07, 6.45) is 0. The van der Waals surface area contributed by atoms with Crippen molar-refractivity contribution in [3.63, 3.8) is 0 Å². The van der Waals surface area contributed by atoms with Gasteiger partial charge in [-0.25, -0.2) is 0 Å². The number of amides is 1. The summed E-state index contributed by atoms with van der Waals surface area (Å²) < 4.78 is 5.24. The number of carbonyl (C=O) groups excluding carboxylic acids is 1. The molecule has 1 aromatic carbocycles. The molecule has 0 bridgehead atoms. The van der Waals surface area contributed by atoms with Crippen molar-refractivity contribution in [1.29, 1.82) is 0 Å². The van der Waals surface area contributed by atoms with Crippen molar-refractivity contribution >= 4 is 17.7 Å². The molecule has 0 fully saturated rings. The molecule has 1 N–H and O–H groups in total. The Bertz CT molecular complexity index is 593. The van der Waals surface area contributed by atoms with Gasteiger partial charge in [-0.2, -0.15) is 4.98 Å². The number of nitrogens with zero attached hydrogens (tertiary/aromatic N) is 2. The Labute approximate surface area is 128 Å². The monoisotopic (exact) mass is 305 g/mol. The largest absolute Gasteiger partial charge is 0.353 e. The van der Waals surface area contributed by atoms with Gasteiger partial charge in [-0.15, -0.1) is 11.8 Å².